The Bertz CT molecular complexity index is 861. The summed E-state index contributed by atoms with van der Waals surface area (Å²) in [5.74, 6) is -1.19. The molecule has 1 unspecified atom stereocenters. The van der Waals surface area contributed by atoms with E-state index in [2.05, 4.69) is 5.32 Å². The fraction of sp³-hybridized carbons (Fsp3) is 0.391. The highest BCUT2D eigenvalue weighted by Gasteiger charge is 2.28. The molecule has 0 spiro atoms. The van der Waals surface area contributed by atoms with E-state index in [1.54, 1.807) is 19.1 Å². The van der Waals surface area contributed by atoms with Gasteiger partial charge in [0.25, 0.3) is 5.91 Å². The molecule has 156 valence electrons. The Morgan fingerprint density at radius 3 is 2.45 bits per heavy atom. The molecule has 29 heavy (non-hydrogen) atoms. The monoisotopic (exact) mass is 400 g/mol. The molecule has 0 aliphatic heterocycles. The molecule has 2 aromatic rings. The third-order valence-electron chi connectivity index (χ3n) is 4.29. The van der Waals surface area contributed by atoms with E-state index in [1.807, 2.05) is 52.0 Å². The molecule has 1 atom stereocenters. The minimum atomic E-state index is -0.716. The number of carbonyl (C=O) groups excluding carboxylic acids is 2. The van der Waals surface area contributed by atoms with Crippen molar-refractivity contribution in [2.24, 2.45) is 0 Å². The molecule has 2 amide bonds. The van der Waals surface area contributed by atoms with Crippen LogP contribution in [0, 0.1) is 12.7 Å². The molecule has 0 fully saturated rings. The number of aryl methyl sites for hydroxylation is 1. The number of hydrogen-bond acceptors (Lipinski definition) is 3. The Balaban J connectivity index is 2.19. The van der Waals surface area contributed by atoms with E-state index in [0.29, 0.717) is 0 Å². The van der Waals surface area contributed by atoms with E-state index in [1.165, 1.54) is 17.0 Å². The van der Waals surface area contributed by atoms with Crippen LogP contribution in [-0.4, -0.2) is 34.9 Å². The molecule has 0 heterocycles. The van der Waals surface area contributed by atoms with Gasteiger partial charge in [-0.15, -0.1) is 0 Å². The summed E-state index contributed by atoms with van der Waals surface area (Å²) in [6, 6.07) is 12.9. The molecule has 0 aliphatic carbocycles. The molecule has 6 heteroatoms. The van der Waals surface area contributed by atoms with Crippen LogP contribution >= 0.6 is 0 Å². The van der Waals surface area contributed by atoms with Gasteiger partial charge in [0, 0.05) is 12.1 Å². The highest BCUT2D eigenvalue weighted by atomic mass is 19.1. The van der Waals surface area contributed by atoms with Gasteiger partial charge >= 0.3 is 0 Å². The van der Waals surface area contributed by atoms with Crippen LogP contribution in [0.25, 0.3) is 0 Å². The zero-order valence-electron chi connectivity index (χ0n) is 17.7. The number of nitrogens with one attached hydrogen (secondary N) is 1. The first-order chi connectivity index (χ1) is 13.6. The highest BCUT2D eigenvalue weighted by molar-refractivity contribution is 5.88. The predicted molar refractivity (Wildman–Crippen MR) is 111 cm³/mol. The lowest BCUT2D eigenvalue weighted by atomic mass is 10.1. The van der Waals surface area contributed by atoms with Gasteiger partial charge in [0.2, 0.25) is 5.91 Å². The number of para-hydroxylation sites is 1. The normalized spacial score (nSPS) is 12.2. The van der Waals surface area contributed by atoms with Crippen molar-refractivity contribution in [3.63, 3.8) is 0 Å². The average molecular weight is 400 g/mol. The summed E-state index contributed by atoms with van der Waals surface area (Å²) in [5.41, 5.74) is 1.54. The zero-order valence-corrected chi connectivity index (χ0v) is 17.7. The van der Waals surface area contributed by atoms with E-state index in [0.717, 1.165) is 11.1 Å². The molecule has 5 nitrogen and oxygen atoms in total. The maximum absolute atomic E-state index is 13.8. The zero-order chi connectivity index (χ0) is 21.6. The number of nitrogens with zero attached hydrogens (tertiary/aromatic N) is 1. The van der Waals surface area contributed by atoms with Gasteiger partial charge in [0.05, 0.1) is 0 Å². The number of hydrogen-bond donors (Lipinski definition) is 1. The van der Waals surface area contributed by atoms with E-state index >= 15 is 0 Å². The van der Waals surface area contributed by atoms with E-state index in [-0.39, 0.29) is 24.8 Å². The molecule has 0 aromatic heterocycles. The number of rotatable bonds is 7. The summed E-state index contributed by atoms with van der Waals surface area (Å²) in [4.78, 5) is 27.1. The number of amides is 2. The van der Waals surface area contributed by atoms with Crippen LogP contribution in [0.2, 0.25) is 0 Å². The van der Waals surface area contributed by atoms with Crippen LogP contribution in [0.4, 0.5) is 4.39 Å². The molecule has 0 saturated heterocycles. The summed E-state index contributed by atoms with van der Waals surface area (Å²) in [5, 5.41) is 2.90. The van der Waals surface area contributed by atoms with Gasteiger partial charge in [0.1, 0.15) is 6.04 Å². The molecule has 0 bridgehead atoms. The lowest BCUT2D eigenvalue weighted by molar-refractivity contribution is -0.142. The summed E-state index contributed by atoms with van der Waals surface area (Å²) in [6.07, 6.45) is 0. The molecule has 2 aromatic carbocycles. The van der Waals surface area contributed by atoms with Gasteiger partial charge in [-0.05, 0) is 52.3 Å². The first kappa shape index (κ1) is 22.4. The number of halogens is 1. The van der Waals surface area contributed by atoms with Crippen molar-refractivity contribution in [3.05, 3.63) is 65.5 Å². The van der Waals surface area contributed by atoms with Gasteiger partial charge in [-0.1, -0.05) is 42.0 Å². The lowest BCUT2D eigenvalue weighted by Gasteiger charge is -2.31. The molecule has 0 radical (unpaired) electrons. The summed E-state index contributed by atoms with van der Waals surface area (Å²) in [6.45, 7) is 9.17. The van der Waals surface area contributed by atoms with Crippen LogP contribution < -0.4 is 10.1 Å². The molecular weight excluding hydrogens is 371 g/mol. The summed E-state index contributed by atoms with van der Waals surface area (Å²) < 4.78 is 19.2. The topological polar surface area (TPSA) is 58.6 Å². The quantitative estimate of drug-likeness (QED) is 0.768. The second kappa shape index (κ2) is 9.54. The minimum Gasteiger partial charge on any atom is -0.481 e. The Kier molecular flexibility index (Phi) is 7.37. The second-order valence-corrected chi connectivity index (χ2v) is 8.15. The molecular formula is C23H29FN2O3. The maximum Gasteiger partial charge on any atom is 0.261 e. The second-order valence-electron chi connectivity index (χ2n) is 8.15. The fourth-order valence-electron chi connectivity index (χ4n) is 2.85. The number of ether oxygens (including phenoxy) is 1. The van der Waals surface area contributed by atoms with Crippen LogP contribution in [0.1, 0.15) is 38.8 Å². The number of carbonyl (C=O) groups is 2. The number of benzene rings is 2. The largest absolute Gasteiger partial charge is 0.481 e. The fourth-order valence-corrected chi connectivity index (χ4v) is 2.85. The van der Waals surface area contributed by atoms with Crippen LogP contribution in [-0.2, 0) is 16.1 Å². The molecule has 0 saturated carbocycles. The summed E-state index contributed by atoms with van der Waals surface area (Å²) in [7, 11) is 0. The van der Waals surface area contributed by atoms with Crippen LogP contribution in [0.15, 0.2) is 48.5 Å². The van der Waals surface area contributed by atoms with E-state index in [4.69, 9.17) is 4.74 Å². The van der Waals surface area contributed by atoms with Crippen LogP contribution in [0.3, 0.4) is 0 Å². The van der Waals surface area contributed by atoms with Gasteiger partial charge in [-0.2, -0.15) is 0 Å². The molecule has 0 aliphatic rings. The van der Waals surface area contributed by atoms with Gasteiger partial charge < -0.3 is 15.0 Å². The van der Waals surface area contributed by atoms with Crippen molar-refractivity contribution in [1.29, 1.82) is 0 Å². The predicted octanol–water partition coefficient (Wildman–Crippen LogP) is 3.84. The highest BCUT2D eigenvalue weighted by Crippen LogP contribution is 2.17. The van der Waals surface area contributed by atoms with Gasteiger partial charge in [-0.3, -0.25) is 9.59 Å². The SMILES string of the molecule is Cc1cccc(CN(C(=O)COc2ccccc2F)C(C)C(=O)NC(C)(C)C)c1. The Hall–Kier alpha value is -2.89. The van der Waals surface area contributed by atoms with Crippen LogP contribution in [0.5, 0.6) is 5.75 Å². The van der Waals surface area contributed by atoms with Gasteiger partial charge in [-0.25, -0.2) is 4.39 Å². The Morgan fingerprint density at radius 2 is 1.83 bits per heavy atom. The lowest BCUT2D eigenvalue weighted by Crippen LogP contribution is -2.53. The third kappa shape index (κ3) is 6.89. The van der Waals surface area contributed by atoms with Gasteiger partial charge in [0.15, 0.2) is 18.2 Å². The van der Waals surface area contributed by atoms with Crippen molar-refractivity contribution < 1.29 is 18.7 Å². The van der Waals surface area contributed by atoms with Crippen molar-refractivity contribution in [1.82, 2.24) is 10.2 Å². The standard InChI is InChI=1S/C23H29FN2O3/c1-16-9-8-10-18(13-16)14-26(17(2)22(28)25-23(3,4)5)21(27)15-29-20-12-7-6-11-19(20)24/h6-13,17H,14-15H2,1-5H3,(H,25,28). The smallest absolute Gasteiger partial charge is 0.261 e. The summed E-state index contributed by atoms with van der Waals surface area (Å²) >= 11 is 0. The Labute approximate surface area is 171 Å². The van der Waals surface area contributed by atoms with Crippen molar-refractivity contribution in [2.75, 3.05) is 6.61 Å². The van der Waals surface area contributed by atoms with Crippen molar-refractivity contribution in [2.45, 2.75) is 52.7 Å². The van der Waals surface area contributed by atoms with E-state index < -0.39 is 23.3 Å². The molecule has 1 N–H and O–H groups in total. The first-order valence-corrected chi connectivity index (χ1v) is 9.61. The van der Waals surface area contributed by atoms with Crippen molar-refractivity contribution in [3.8, 4) is 5.75 Å². The van der Waals surface area contributed by atoms with Crippen molar-refractivity contribution >= 4 is 11.8 Å². The average Bonchev–Trinajstić information content (AvgIpc) is 2.63. The van der Waals surface area contributed by atoms with E-state index in [9.17, 15) is 14.0 Å². The first-order valence-electron chi connectivity index (χ1n) is 9.61. The maximum atomic E-state index is 13.8. The minimum absolute atomic E-state index is 0.00292. The Morgan fingerprint density at radius 1 is 1.14 bits per heavy atom. The third-order valence-corrected chi connectivity index (χ3v) is 4.29. The molecule has 2 rings (SSSR count).